The largest absolute Gasteiger partial charge is 0.418 e. The molecule has 1 saturated heterocycles. The van der Waals surface area contributed by atoms with Crippen LogP contribution in [0.3, 0.4) is 0 Å². The molecule has 4 N–H and O–H groups in total. The van der Waals surface area contributed by atoms with Gasteiger partial charge < -0.3 is 10.8 Å². The van der Waals surface area contributed by atoms with E-state index in [9.17, 15) is 27.9 Å². The van der Waals surface area contributed by atoms with Crippen LogP contribution in [0.2, 0.25) is 0 Å². The summed E-state index contributed by atoms with van der Waals surface area (Å²) in [7, 11) is 0. The summed E-state index contributed by atoms with van der Waals surface area (Å²) in [6, 6.07) is -2.05. The number of halogens is 3. The Bertz CT molecular complexity index is 361. The van der Waals surface area contributed by atoms with E-state index in [1.807, 2.05) is 0 Å². The Hall–Kier alpha value is -1.35. The van der Waals surface area contributed by atoms with E-state index in [0.717, 1.165) is 4.90 Å². The lowest BCUT2D eigenvalue weighted by molar-refractivity contribution is -0.254. The van der Waals surface area contributed by atoms with Crippen LogP contribution in [0, 0.1) is 0 Å². The number of rotatable bonds is 2. The number of nitrogens with one attached hydrogen (secondary N) is 1. The van der Waals surface area contributed by atoms with Gasteiger partial charge in [-0.3, -0.25) is 15.0 Å². The van der Waals surface area contributed by atoms with Crippen molar-refractivity contribution in [3.05, 3.63) is 0 Å². The molecule has 2 atom stereocenters. The quantitative estimate of drug-likeness (QED) is 0.633. The first kappa shape index (κ1) is 14.7. The first-order valence-electron chi connectivity index (χ1n) is 5.20. The maximum absolute atomic E-state index is 12.5. The minimum absolute atomic E-state index is 0.0939. The third-order valence-electron chi connectivity index (χ3n) is 2.98. The van der Waals surface area contributed by atoms with E-state index < -0.39 is 42.7 Å². The van der Waals surface area contributed by atoms with Gasteiger partial charge in [0, 0.05) is 13.1 Å². The zero-order valence-electron chi connectivity index (χ0n) is 9.62. The average molecular weight is 269 g/mol. The van der Waals surface area contributed by atoms with E-state index in [1.165, 1.54) is 6.92 Å². The second-order valence-electron chi connectivity index (χ2n) is 4.28. The number of amides is 3. The molecule has 0 bridgehead atoms. The van der Waals surface area contributed by atoms with Crippen LogP contribution >= 0.6 is 0 Å². The van der Waals surface area contributed by atoms with Gasteiger partial charge in [0.05, 0.1) is 6.04 Å². The number of nitrogens with zero attached hydrogens (tertiary/aromatic N) is 1. The molecule has 3 amide bonds. The van der Waals surface area contributed by atoms with E-state index in [4.69, 9.17) is 5.73 Å². The standard InChI is InChI=1S/C9H14F3N3O3/c1-5(6(16)14-7(13)17)15-3-2-8(18,4-15)9(10,11)12/h5,18H,2-4H2,1H3,(H3,13,14,16,17). The number of hydrogen-bond acceptors (Lipinski definition) is 4. The van der Waals surface area contributed by atoms with Crippen LogP contribution < -0.4 is 11.1 Å². The highest BCUT2D eigenvalue weighted by molar-refractivity contribution is 5.96. The topological polar surface area (TPSA) is 95.7 Å². The number of imide groups is 1. The molecule has 0 radical (unpaired) electrons. The molecule has 0 aromatic carbocycles. The summed E-state index contributed by atoms with van der Waals surface area (Å²) in [5, 5.41) is 11.2. The van der Waals surface area contributed by atoms with Gasteiger partial charge in [0.15, 0.2) is 5.60 Å². The van der Waals surface area contributed by atoms with Crippen molar-refractivity contribution in [3.8, 4) is 0 Å². The van der Waals surface area contributed by atoms with Crippen molar-refractivity contribution in [2.45, 2.75) is 31.2 Å². The second-order valence-corrected chi connectivity index (χ2v) is 4.28. The molecular formula is C9H14F3N3O3. The second kappa shape index (κ2) is 4.73. The van der Waals surface area contributed by atoms with Crippen molar-refractivity contribution in [3.63, 3.8) is 0 Å². The monoisotopic (exact) mass is 269 g/mol. The molecule has 1 fully saturated rings. The van der Waals surface area contributed by atoms with Gasteiger partial charge in [-0.1, -0.05) is 0 Å². The van der Waals surface area contributed by atoms with Gasteiger partial charge in [0.25, 0.3) is 0 Å². The van der Waals surface area contributed by atoms with E-state index in [2.05, 4.69) is 0 Å². The van der Waals surface area contributed by atoms with Gasteiger partial charge in [-0.05, 0) is 13.3 Å². The smallest absolute Gasteiger partial charge is 0.379 e. The summed E-state index contributed by atoms with van der Waals surface area (Å²) in [4.78, 5) is 23.0. The molecule has 104 valence electrons. The minimum atomic E-state index is -4.75. The SMILES string of the molecule is CC(C(=O)NC(N)=O)N1CCC(O)(C(F)(F)F)C1. The van der Waals surface area contributed by atoms with E-state index >= 15 is 0 Å². The average Bonchev–Trinajstić information content (AvgIpc) is 2.59. The molecule has 0 saturated carbocycles. The first-order valence-corrected chi connectivity index (χ1v) is 5.20. The number of primary amides is 1. The normalized spacial score (nSPS) is 26.9. The maximum Gasteiger partial charge on any atom is 0.418 e. The van der Waals surface area contributed by atoms with Gasteiger partial charge in [0.2, 0.25) is 5.91 Å². The maximum atomic E-state index is 12.5. The number of carbonyl (C=O) groups excluding carboxylic acids is 2. The molecule has 0 spiro atoms. The van der Waals surface area contributed by atoms with Gasteiger partial charge >= 0.3 is 12.2 Å². The predicted octanol–water partition coefficient (Wildman–Crippen LogP) is -0.431. The van der Waals surface area contributed by atoms with Crippen molar-refractivity contribution < 1.29 is 27.9 Å². The van der Waals surface area contributed by atoms with E-state index in [0.29, 0.717) is 0 Å². The lowest BCUT2D eigenvalue weighted by atomic mass is 10.0. The number of β-amino-alcohol motifs (C(OH)–C–C–N with tert-alkyl or cyclic N) is 1. The summed E-state index contributed by atoms with van der Waals surface area (Å²) in [5.41, 5.74) is 1.92. The van der Waals surface area contributed by atoms with Crippen LogP contribution in [0.4, 0.5) is 18.0 Å². The molecule has 0 aliphatic carbocycles. The molecule has 1 rings (SSSR count). The Balaban J connectivity index is 2.67. The molecule has 6 nitrogen and oxygen atoms in total. The third kappa shape index (κ3) is 2.91. The number of alkyl halides is 3. The van der Waals surface area contributed by atoms with Crippen molar-refractivity contribution >= 4 is 11.9 Å². The number of hydrogen-bond donors (Lipinski definition) is 3. The summed E-state index contributed by atoms with van der Waals surface area (Å²) in [6.45, 7) is 0.535. The highest BCUT2D eigenvalue weighted by atomic mass is 19.4. The molecule has 1 aliphatic heterocycles. The molecule has 2 unspecified atom stereocenters. The number of nitrogens with two attached hydrogens (primary N) is 1. The van der Waals surface area contributed by atoms with Crippen molar-refractivity contribution in [1.29, 1.82) is 0 Å². The molecule has 1 aliphatic rings. The Morgan fingerprint density at radius 1 is 1.50 bits per heavy atom. The Kier molecular flexibility index (Phi) is 3.86. The van der Waals surface area contributed by atoms with Crippen LogP contribution in [0.15, 0.2) is 0 Å². The summed E-state index contributed by atoms with van der Waals surface area (Å²) >= 11 is 0. The summed E-state index contributed by atoms with van der Waals surface area (Å²) < 4.78 is 37.6. The van der Waals surface area contributed by atoms with Crippen LogP contribution in [-0.2, 0) is 4.79 Å². The Morgan fingerprint density at radius 3 is 2.44 bits per heavy atom. The lowest BCUT2D eigenvalue weighted by Gasteiger charge is -2.28. The van der Waals surface area contributed by atoms with Crippen LogP contribution in [-0.4, -0.2) is 52.9 Å². The fraction of sp³-hybridized carbons (Fsp3) is 0.778. The molecule has 0 aromatic heterocycles. The zero-order valence-corrected chi connectivity index (χ0v) is 9.62. The highest BCUT2D eigenvalue weighted by Crippen LogP contribution is 2.38. The summed E-state index contributed by atoms with van der Waals surface area (Å²) in [6.07, 6.45) is -5.26. The number of likely N-dealkylation sites (tertiary alicyclic amines) is 1. The van der Waals surface area contributed by atoms with Crippen molar-refractivity contribution in [1.82, 2.24) is 10.2 Å². The predicted molar refractivity (Wildman–Crippen MR) is 54.4 cm³/mol. The van der Waals surface area contributed by atoms with Crippen molar-refractivity contribution in [2.24, 2.45) is 5.73 Å². The zero-order chi connectivity index (χ0) is 14.1. The Morgan fingerprint density at radius 2 is 2.06 bits per heavy atom. The minimum Gasteiger partial charge on any atom is -0.379 e. The third-order valence-corrected chi connectivity index (χ3v) is 2.98. The van der Waals surface area contributed by atoms with Gasteiger partial charge in [-0.15, -0.1) is 0 Å². The fourth-order valence-electron chi connectivity index (χ4n) is 1.78. The van der Waals surface area contributed by atoms with E-state index in [-0.39, 0.29) is 6.54 Å². The van der Waals surface area contributed by atoms with E-state index in [1.54, 1.807) is 5.32 Å². The molecule has 18 heavy (non-hydrogen) atoms. The van der Waals surface area contributed by atoms with Gasteiger partial charge in [0.1, 0.15) is 0 Å². The molecule has 0 aromatic rings. The van der Waals surface area contributed by atoms with Gasteiger partial charge in [-0.2, -0.15) is 13.2 Å². The molecular weight excluding hydrogens is 255 g/mol. The first-order chi connectivity index (χ1) is 8.07. The van der Waals surface area contributed by atoms with Gasteiger partial charge in [-0.25, -0.2) is 4.79 Å². The Labute approximate surface area is 101 Å². The van der Waals surface area contributed by atoms with Crippen LogP contribution in [0.25, 0.3) is 0 Å². The van der Waals surface area contributed by atoms with Crippen molar-refractivity contribution in [2.75, 3.05) is 13.1 Å². The van der Waals surface area contributed by atoms with Crippen LogP contribution in [0.5, 0.6) is 0 Å². The summed E-state index contributed by atoms with van der Waals surface area (Å²) in [5.74, 6) is -0.797. The number of carbonyl (C=O) groups is 2. The van der Waals surface area contributed by atoms with Crippen LogP contribution in [0.1, 0.15) is 13.3 Å². The lowest BCUT2D eigenvalue weighted by Crippen LogP contribution is -2.51. The molecule has 9 heteroatoms. The highest BCUT2D eigenvalue weighted by Gasteiger charge is 2.57. The molecule has 1 heterocycles. The number of urea groups is 1. The fourth-order valence-corrected chi connectivity index (χ4v) is 1.78. The number of aliphatic hydroxyl groups is 1.